The van der Waals surface area contributed by atoms with E-state index in [-0.39, 0.29) is 6.10 Å². The predicted molar refractivity (Wildman–Crippen MR) is 88.9 cm³/mol. The Morgan fingerprint density at radius 2 is 1.86 bits per heavy atom. The Morgan fingerprint density at radius 1 is 1.14 bits per heavy atom. The van der Waals surface area contributed by atoms with E-state index in [1.165, 1.54) is 0 Å². The van der Waals surface area contributed by atoms with Crippen molar-refractivity contribution in [1.29, 1.82) is 0 Å². The van der Waals surface area contributed by atoms with Gasteiger partial charge in [-0.2, -0.15) is 0 Å². The van der Waals surface area contributed by atoms with Crippen molar-refractivity contribution in [2.24, 2.45) is 0 Å². The topological polar surface area (TPSA) is 53.1 Å². The number of nitrogens with zero attached hydrogens (tertiary/aromatic N) is 2. The molecule has 3 aromatic rings. The minimum Gasteiger partial charge on any atom is -0.491 e. The zero-order valence-corrected chi connectivity index (χ0v) is 13.5. The van der Waals surface area contributed by atoms with E-state index in [0.717, 1.165) is 26.9 Å². The lowest BCUT2D eigenvalue weighted by atomic mass is 10.2. The molecule has 0 amide bonds. The number of nitrogens with two attached hydrogens (primary N) is 1. The van der Waals surface area contributed by atoms with Crippen molar-refractivity contribution in [3.05, 3.63) is 46.9 Å². The molecule has 0 bridgehead atoms. The molecule has 0 unspecified atom stereocenters. The third-order valence-electron chi connectivity index (χ3n) is 3.11. The molecular weight excluding hydrogens is 330 g/mol. The maximum atomic E-state index is 6.06. The predicted octanol–water partition coefficient (Wildman–Crippen LogP) is 4.16. The molecule has 4 nitrogen and oxygen atoms in total. The Bertz CT molecular complexity index is 778. The van der Waals surface area contributed by atoms with Crippen molar-refractivity contribution in [3.63, 3.8) is 0 Å². The Kier molecular flexibility index (Phi) is 3.59. The smallest absolute Gasteiger partial charge is 0.205 e. The van der Waals surface area contributed by atoms with E-state index < -0.39 is 0 Å². The lowest BCUT2D eigenvalue weighted by molar-refractivity contribution is 0.242. The van der Waals surface area contributed by atoms with E-state index in [1.807, 2.05) is 60.9 Å². The second kappa shape index (κ2) is 5.41. The van der Waals surface area contributed by atoms with Crippen molar-refractivity contribution in [2.75, 3.05) is 5.73 Å². The zero-order chi connectivity index (χ0) is 15.0. The normalized spacial score (nSPS) is 11.2. The molecule has 0 spiro atoms. The standard InChI is InChI=1S/C16H16BrN3O/c1-10(2)21-13-6-4-12(5-7-13)20-15-8-3-11(17)9-14(15)19-16(20)18/h3-10H,1-2H3,(H2,18,19). The quantitative estimate of drug-likeness (QED) is 0.775. The van der Waals surface area contributed by atoms with Crippen LogP contribution >= 0.6 is 15.9 Å². The van der Waals surface area contributed by atoms with Crippen LogP contribution in [0.15, 0.2) is 46.9 Å². The fourth-order valence-electron chi connectivity index (χ4n) is 2.29. The number of aromatic nitrogens is 2. The minimum absolute atomic E-state index is 0.160. The summed E-state index contributed by atoms with van der Waals surface area (Å²) in [4.78, 5) is 4.40. The highest BCUT2D eigenvalue weighted by atomic mass is 79.9. The fourth-order valence-corrected chi connectivity index (χ4v) is 2.64. The van der Waals surface area contributed by atoms with Crippen LogP contribution in [0, 0.1) is 0 Å². The summed E-state index contributed by atoms with van der Waals surface area (Å²) in [6, 6.07) is 13.8. The maximum Gasteiger partial charge on any atom is 0.205 e. The van der Waals surface area contributed by atoms with Crippen LogP contribution in [0.4, 0.5) is 5.95 Å². The van der Waals surface area contributed by atoms with E-state index in [2.05, 4.69) is 20.9 Å². The summed E-state index contributed by atoms with van der Waals surface area (Å²) >= 11 is 3.45. The molecule has 0 saturated carbocycles. The van der Waals surface area contributed by atoms with E-state index in [4.69, 9.17) is 10.5 Å². The molecule has 108 valence electrons. The summed E-state index contributed by atoms with van der Waals surface area (Å²) in [6.07, 6.45) is 0.160. The van der Waals surface area contributed by atoms with E-state index in [9.17, 15) is 0 Å². The van der Waals surface area contributed by atoms with Gasteiger partial charge in [-0.05, 0) is 56.3 Å². The van der Waals surface area contributed by atoms with Crippen LogP contribution in [0.3, 0.4) is 0 Å². The fraction of sp³-hybridized carbons (Fsp3) is 0.188. The van der Waals surface area contributed by atoms with Gasteiger partial charge in [0.05, 0.1) is 17.1 Å². The van der Waals surface area contributed by atoms with Gasteiger partial charge in [0.2, 0.25) is 5.95 Å². The number of anilines is 1. The van der Waals surface area contributed by atoms with Crippen molar-refractivity contribution in [1.82, 2.24) is 9.55 Å². The molecule has 21 heavy (non-hydrogen) atoms. The van der Waals surface area contributed by atoms with Gasteiger partial charge in [0.15, 0.2) is 0 Å². The molecule has 1 heterocycles. The van der Waals surface area contributed by atoms with Crippen LogP contribution in [0.1, 0.15) is 13.8 Å². The summed E-state index contributed by atoms with van der Waals surface area (Å²) in [6.45, 7) is 4.01. The van der Waals surface area contributed by atoms with Crippen molar-refractivity contribution in [3.8, 4) is 11.4 Å². The second-order valence-corrected chi connectivity index (χ2v) is 6.01. The Hall–Kier alpha value is -2.01. The summed E-state index contributed by atoms with van der Waals surface area (Å²) in [5.74, 6) is 1.32. The summed E-state index contributed by atoms with van der Waals surface area (Å²) in [7, 11) is 0. The van der Waals surface area contributed by atoms with Crippen LogP contribution in [0.5, 0.6) is 5.75 Å². The molecule has 0 aliphatic rings. The van der Waals surface area contributed by atoms with Gasteiger partial charge < -0.3 is 10.5 Å². The van der Waals surface area contributed by atoms with Crippen molar-refractivity contribution in [2.45, 2.75) is 20.0 Å². The van der Waals surface area contributed by atoms with E-state index in [0.29, 0.717) is 5.95 Å². The van der Waals surface area contributed by atoms with Gasteiger partial charge in [0.25, 0.3) is 0 Å². The maximum absolute atomic E-state index is 6.06. The highest BCUT2D eigenvalue weighted by molar-refractivity contribution is 9.10. The Labute approximate surface area is 131 Å². The van der Waals surface area contributed by atoms with Crippen molar-refractivity contribution < 1.29 is 4.74 Å². The first-order chi connectivity index (χ1) is 10.0. The van der Waals surface area contributed by atoms with Gasteiger partial charge in [-0.25, -0.2) is 4.98 Å². The van der Waals surface area contributed by atoms with Gasteiger partial charge >= 0.3 is 0 Å². The Balaban J connectivity index is 2.05. The molecule has 0 fully saturated rings. The molecule has 0 atom stereocenters. The number of ether oxygens (including phenoxy) is 1. The third kappa shape index (κ3) is 2.74. The minimum atomic E-state index is 0.160. The van der Waals surface area contributed by atoms with Crippen LogP contribution in [0.25, 0.3) is 16.7 Å². The highest BCUT2D eigenvalue weighted by Crippen LogP contribution is 2.26. The molecule has 3 rings (SSSR count). The molecule has 0 aliphatic heterocycles. The molecule has 2 N–H and O–H groups in total. The number of benzene rings is 2. The number of halogens is 1. The van der Waals surface area contributed by atoms with Gasteiger partial charge in [-0.1, -0.05) is 15.9 Å². The third-order valence-corrected chi connectivity index (χ3v) is 3.60. The zero-order valence-electron chi connectivity index (χ0n) is 11.9. The van der Waals surface area contributed by atoms with Gasteiger partial charge in [0, 0.05) is 10.2 Å². The van der Waals surface area contributed by atoms with Crippen LogP contribution in [0.2, 0.25) is 0 Å². The molecule has 2 aromatic carbocycles. The first kappa shape index (κ1) is 13.9. The number of rotatable bonds is 3. The SMILES string of the molecule is CC(C)Oc1ccc(-n2c(N)nc3cc(Br)ccc32)cc1. The number of hydrogen-bond acceptors (Lipinski definition) is 3. The van der Waals surface area contributed by atoms with E-state index >= 15 is 0 Å². The summed E-state index contributed by atoms with van der Waals surface area (Å²) in [5.41, 5.74) is 8.87. The van der Waals surface area contributed by atoms with Crippen LogP contribution < -0.4 is 10.5 Å². The van der Waals surface area contributed by atoms with Crippen molar-refractivity contribution >= 4 is 32.9 Å². The monoisotopic (exact) mass is 345 g/mol. The van der Waals surface area contributed by atoms with E-state index in [1.54, 1.807) is 0 Å². The first-order valence-corrected chi connectivity index (χ1v) is 7.54. The van der Waals surface area contributed by atoms with Crippen LogP contribution in [-0.4, -0.2) is 15.7 Å². The summed E-state index contributed by atoms with van der Waals surface area (Å²) in [5, 5.41) is 0. The average Bonchev–Trinajstić information content (AvgIpc) is 2.74. The molecule has 0 radical (unpaired) electrons. The lowest BCUT2D eigenvalue weighted by Crippen LogP contribution is -2.05. The first-order valence-electron chi connectivity index (χ1n) is 6.75. The van der Waals surface area contributed by atoms with Crippen LogP contribution in [-0.2, 0) is 0 Å². The number of fused-ring (bicyclic) bond motifs is 1. The highest BCUT2D eigenvalue weighted by Gasteiger charge is 2.10. The lowest BCUT2D eigenvalue weighted by Gasteiger charge is -2.11. The Morgan fingerprint density at radius 3 is 2.52 bits per heavy atom. The van der Waals surface area contributed by atoms with Gasteiger partial charge in [0.1, 0.15) is 5.75 Å². The molecule has 0 aliphatic carbocycles. The average molecular weight is 346 g/mol. The van der Waals surface area contributed by atoms with Gasteiger partial charge in [-0.15, -0.1) is 0 Å². The number of nitrogen functional groups attached to an aromatic ring is 1. The molecule has 0 saturated heterocycles. The molecule has 1 aromatic heterocycles. The number of imidazole rings is 1. The molecule has 5 heteroatoms. The summed E-state index contributed by atoms with van der Waals surface area (Å²) < 4.78 is 8.58. The molecular formula is C16H16BrN3O. The van der Waals surface area contributed by atoms with Gasteiger partial charge in [-0.3, -0.25) is 4.57 Å². The largest absolute Gasteiger partial charge is 0.491 e. The second-order valence-electron chi connectivity index (χ2n) is 5.10. The number of hydrogen-bond donors (Lipinski definition) is 1.